The van der Waals surface area contributed by atoms with E-state index in [9.17, 15) is 30.2 Å². The number of hydrogen-bond donors (Lipinski definition) is 1. The molecular formula is C19H15N5O5S. The monoisotopic (exact) mass is 425 g/mol. The highest BCUT2D eigenvalue weighted by molar-refractivity contribution is 8.01. The van der Waals surface area contributed by atoms with Gasteiger partial charge in [0.15, 0.2) is 0 Å². The van der Waals surface area contributed by atoms with Crippen molar-refractivity contribution in [3.63, 3.8) is 0 Å². The average molecular weight is 425 g/mol. The van der Waals surface area contributed by atoms with Crippen LogP contribution in [0.2, 0.25) is 0 Å². The van der Waals surface area contributed by atoms with Crippen LogP contribution >= 0.6 is 11.8 Å². The number of ketones is 1. The molecule has 2 rings (SSSR count). The van der Waals surface area contributed by atoms with Gasteiger partial charge in [-0.2, -0.15) is 10.5 Å². The van der Waals surface area contributed by atoms with Crippen LogP contribution in [-0.2, 0) is 14.3 Å². The number of methoxy groups -OCH3 is 1. The standard InChI is InChI=1S/C19H15N5O5S/c1-19(2,15(25)18(26)29-3)30-17-13(9-21)14(12(8-20)16(22)23-17)10-4-6-11(7-5-10)24(27)28/h4-7H,1-3H3,(H2,22,23). The third kappa shape index (κ3) is 4.21. The number of nitro groups is 1. The zero-order valence-electron chi connectivity index (χ0n) is 16.1. The van der Waals surface area contributed by atoms with Gasteiger partial charge in [0.1, 0.15) is 28.5 Å². The molecule has 0 spiro atoms. The molecule has 152 valence electrons. The largest absolute Gasteiger partial charge is 0.463 e. The Morgan fingerprint density at radius 3 is 2.23 bits per heavy atom. The van der Waals surface area contributed by atoms with Crippen LogP contribution in [0.15, 0.2) is 29.3 Å². The van der Waals surface area contributed by atoms with Gasteiger partial charge in [-0.15, -0.1) is 0 Å². The molecule has 0 amide bonds. The molecule has 0 radical (unpaired) electrons. The molecule has 0 atom stereocenters. The zero-order valence-corrected chi connectivity index (χ0v) is 16.9. The van der Waals surface area contributed by atoms with Gasteiger partial charge in [-0.25, -0.2) is 9.78 Å². The summed E-state index contributed by atoms with van der Waals surface area (Å²) < 4.78 is 3.12. The number of nitrogens with two attached hydrogens (primary N) is 1. The fraction of sp³-hybridized carbons (Fsp3) is 0.211. The number of hydrogen-bond acceptors (Lipinski definition) is 10. The van der Waals surface area contributed by atoms with E-state index >= 15 is 0 Å². The van der Waals surface area contributed by atoms with Crippen LogP contribution in [0.1, 0.15) is 25.0 Å². The number of carbonyl (C=O) groups is 2. The maximum absolute atomic E-state index is 12.3. The molecule has 30 heavy (non-hydrogen) atoms. The number of nitrogen functional groups attached to an aromatic ring is 1. The molecule has 0 aliphatic heterocycles. The quantitative estimate of drug-likeness (QED) is 0.238. The minimum Gasteiger partial charge on any atom is -0.463 e. The molecule has 0 fully saturated rings. The predicted molar refractivity (Wildman–Crippen MR) is 107 cm³/mol. The first kappa shape index (κ1) is 22.3. The van der Waals surface area contributed by atoms with Crippen molar-refractivity contribution in [2.45, 2.75) is 23.6 Å². The van der Waals surface area contributed by atoms with E-state index in [1.165, 1.54) is 38.1 Å². The molecule has 0 saturated carbocycles. The smallest absolute Gasteiger partial charge is 0.375 e. The van der Waals surface area contributed by atoms with Crippen LogP contribution in [0.4, 0.5) is 11.5 Å². The fourth-order valence-electron chi connectivity index (χ4n) is 2.54. The second kappa shape index (κ2) is 8.59. The van der Waals surface area contributed by atoms with Crippen molar-refractivity contribution in [3.05, 3.63) is 45.5 Å². The fourth-order valence-corrected chi connectivity index (χ4v) is 3.59. The Labute approximate surface area is 175 Å². The summed E-state index contributed by atoms with van der Waals surface area (Å²) in [6.07, 6.45) is 0. The highest BCUT2D eigenvalue weighted by Gasteiger charge is 2.37. The normalized spacial score (nSPS) is 10.6. The number of nitro benzene ring substituents is 1. The Bertz CT molecular complexity index is 1130. The number of esters is 1. The predicted octanol–water partition coefficient (Wildman–Crippen LogP) is 2.60. The van der Waals surface area contributed by atoms with Crippen molar-refractivity contribution in [1.82, 2.24) is 4.98 Å². The van der Waals surface area contributed by atoms with Crippen LogP contribution in [0, 0.1) is 32.8 Å². The minimum atomic E-state index is -1.35. The van der Waals surface area contributed by atoms with Crippen molar-refractivity contribution < 1.29 is 19.2 Å². The number of ether oxygens (including phenoxy) is 1. The zero-order chi connectivity index (χ0) is 22.6. The summed E-state index contributed by atoms with van der Waals surface area (Å²) in [4.78, 5) is 38.4. The van der Waals surface area contributed by atoms with E-state index in [-0.39, 0.29) is 33.2 Å². The van der Waals surface area contributed by atoms with Gasteiger partial charge in [0.2, 0.25) is 0 Å². The van der Waals surface area contributed by atoms with Gasteiger partial charge in [-0.1, -0.05) is 11.8 Å². The first-order valence-electron chi connectivity index (χ1n) is 8.27. The van der Waals surface area contributed by atoms with Crippen LogP contribution in [0.3, 0.4) is 0 Å². The van der Waals surface area contributed by atoms with Crippen molar-refractivity contribution in [2.24, 2.45) is 0 Å². The van der Waals surface area contributed by atoms with Gasteiger partial charge in [0.05, 0.1) is 22.3 Å². The summed E-state index contributed by atoms with van der Waals surface area (Å²) in [5, 5.41) is 30.2. The Balaban J connectivity index is 2.70. The maximum Gasteiger partial charge on any atom is 0.375 e. The third-order valence-corrected chi connectivity index (χ3v) is 5.24. The Kier molecular flexibility index (Phi) is 6.40. The van der Waals surface area contributed by atoms with E-state index in [0.717, 1.165) is 18.9 Å². The lowest BCUT2D eigenvalue weighted by Gasteiger charge is -2.22. The lowest BCUT2D eigenvalue weighted by atomic mass is 9.96. The Morgan fingerprint density at radius 2 is 1.77 bits per heavy atom. The van der Waals surface area contributed by atoms with Crippen molar-refractivity contribution in [2.75, 3.05) is 12.8 Å². The lowest BCUT2D eigenvalue weighted by molar-refractivity contribution is -0.384. The minimum absolute atomic E-state index is 0.0320. The number of carbonyl (C=O) groups excluding carboxylic acids is 2. The van der Waals surface area contributed by atoms with Crippen LogP contribution in [0.5, 0.6) is 0 Å². The summed E-state index contributed by atoms with van der Waals surface area (Å²) in [5.41, 5.74) is 6.08. The van der Waals surface area contributed by atoms with E-state index in [1.807, 2.05) is 12.1 Å². The summed E-state index contributed by atoms with van der Waals surface area (Å²) in [5.74, 6) is -2.09. The summed E-state index contributed by atoms with van der Waals surface area (Å²) >= 11 is 0.818. The second-order valence-electron chi connectivity index (χ2n) is 6.39. The molecule has 1 heterocycles. The molecule has 10 nitrogen and oxygen atoms in total. The van der Waals surface area contributed by atoms with Gasteiger partial charge in [0, 0.05) is 17.7 Å². The lowest BCUT2D eigenvalue weighted by Crippen LogP contribution is -2.35. The highest BCUT2D eigenvalue weighted by Crippen LogP contribution is 2.40. The van der Waals surface area contributed by atoms with Gasteiger partial charge in [0.25, 0.3) is 11.5 Å². The number of Topliss-reactive ketones (excluding diaryl/α,β-unsaturated/α-hetero) is 1. The molecule has 0 unspecified atom stereocenters. The number of rotatable bonds is 6. The molecule has 0 bridgehead atoms. The van der Waals surface area contributed by atoms with Gasteiger partial charge in [-0.05, 0) is 31.5 Å². The number of nitrogens with zero attached hydrogens (tertiary/aromatic N) is 4. The molecule has 0 aliphatic carbocycles. The van der Waals surface area contributed by atoms with E-state index in [0.29, 0.717) is 5.56 Å². The molecule has 2 N–H and O–H groups in total. The summed E-state index contributed by atoms with van der Waals surface area (Å²) in [6.45, 7) is 2.92. The Hall–Kier alpha value is -3.96. The molecule has 11 heteroatoms. The maximum atomic E-state index is 12.3. The van der Waals surface area contributed by atoms with E-state index < -0.39 is 21.4 Å². The number of non-ortho nitro benzene ring substituents is 1. The van der Waals surface area contributed by atoms with E-state index in [2.05, 4.69) is 9.72 Å². The van der Waals surface area contributed by atoms with Crippen LogP contribution < -0.4 is 5.73 Å². The van der Waals surface area contributed by atoms with E-state index in [4.69, 9.17) is 5.73 Å². The molecular weight excluding hydrogens is 410 g/mol. The van der Waals surface area contributed by atoms with Crippen molar-refractivity contribution >= 4 is 35.0 Å². The number of pyridine rings is 1. The number of benzene rings is 1. The molecule has 0 saturated heterocycles. The van der Waals surface area contributed by atoms with Crippen molar-refractivity contribution in [1.29, 1.82) is 10.5 Å². The van der Waals surface area contributed by atoms with Crippen molar-refractivity contribution in [3.8, 4) is 23.3 Å². The highest BCUT2D eigenvalue weighted by atomic mass is 32.2. The molecule has 1 aromatic carbocycles. The first-order chi connectivity index (χ1) is 14.1. The summed E-state index contributed by atoms with van der Waals surface area (Å²) in [7, 11) is 1.08. The second-order valence-corrected chi connectivity index (χ2v) is 8.00. The Morgan fingerprint density at radius 1 is 1.20 bits per heavy atom. The molecule has 0 aliphatic rings. The van der Waals surface area contributed by atoms with Crippen LogP contribution in [0.25, 0.3) is 11.1 Å². The number of thioether (sulfide) groups is 1. The number of anilines is 1. The molecule has 2 aromatic rings. The van der Waals surface area contributed by atoms with Gasteiger partial charge >= 0.3 is 5.97 Å². The molecule has 1 aromatic heterocycles. The van der Waals surface area contributed by atoms with Gasteiger partial charge in [-0.3, -0.25) is 14.9 Å². The third-order valence-electron chi connectivity index (χ3n) is 4.05. The van der Waals surface area contributed by atoms with Crippen LogP contribution in [-0.4, -0.2) is 33.5 Å². The number of nitriles is 2. The average Bonchev–Trinajstić information content (AvgIpc) is 2.71. The first-order valence-corrected chi connectivity index (χ1v) is 9.09. The topological polar surface area (TPSA) is 173 Å². The van der Waals surface area contributed by atoms with Gasteiger partial charge < -0.3 is 10.5 Å². The summed E-state index contributed by atoms with van der Waals surface area (Å²) in [6, 6.07) is 9.07. The SMILES string of the molecule is COC(=O)C(=O)C(C)(C)Sc1nc(N)c(C#N)c(-c2ccc([N+](=O)[O-])cc2)c1C#N. The number of aromatic nitrogens is 1. The van der Waals surface area contributed by atoms with E-state index in [1.54, 1.807) is 0 Å².